The van der Waals surface area contributed by atoms with E-state index in [1.54, 1.807) is 32.0 Å². The third-order valence-corrected chi connectivity index (χ3v) is 5.06. The standard InChI is InChI=1S/C21H17ClF2N4O/c1-21(2,29-18-8-4-13(23)10-17(18)24)20-27-26-19(28(20)14-5-6-14)15-7-3-12(11-25)9-16(15)22/h3-4,7-10,14H,5-6H2,1-2H3. The van der Waals surface area contributed by atoms with Gasteiger partial charge in [-0.1, -0.05) is 11.6 Å². The first-order chi connectivity index (χ1) is 13.8. The first kappa shape index (κ1) is 19.3. The van der Waals surface area contributed by atoms with E-state index in [4.69, 9.17) is 21.6 Å². The average molecular weight is 415 g/mol. The summed E-state index contributed by atoms with van der Waals surface area (Å²) in [7, 11) is 0. The molecule has 3 aromatic rings. The summed E-state index contributed by atoms with van der Waals surface area (Å²) < 4.78 is 35.1. The minimum Gasteiger partial charge on any atom is -0.477 e. The van der Waals surface area contributed by atoms with Crippen LogP contribution in [0.25, 0.3) is 11.4 Å². The van der Waals surface area contributed by atoms with Crippen molar-refractivity contribution < 1.29 is 13.5 Å². The summed E-state index contributed by atoms with van der Waals surface area (Å²) in [6.07, 6.45) is 1.90. The van der Waals surface area contributed by atoms with Gasteiger partial charge in [-0.25, -0.2) is 8.78 Å². The van der Waals surface area contributed by atoms with Crippen LogP contribution in [0.4, 0.5) is 8.78 Å². The van der Waals surface area contributed by atoms with Gasteiger partial charge in [-0.3, -0.25) is 0 Å². The predicted octanol–water partition coefficient (Wildman–Crippen LogP) is 5.40. The van der Waals surface area contributed by atoms with E-state index in [9.17, 15) is 8.78 Å². The number of nitriles is 1. The fraction of sp³-hybridized carbons (Fsp3) is 0.286. The fourth-order valence-electron chi connectivity index (χ4n) is 3.21. The number of halogens is 3. The molecule has 1 aliphatic carbocycles. The number of benzene rings is 2. The molecule has 1 aliphatic rings. The van der Waals surface area contributed by atoms with E-state index in [1.807, 2.05) is 4.57 Å². The van der Waals surface area contributed by atoms with Gasteiger partial charge in [0, 0.05) is 17.7 Å². The number of rotatable bonds is 5. The lowest BCUT2D eigenvalue weighted by Gasteiger charge is -2.26. The zero-order chi connectivity index (χ0) is 20.8. The second kappa shape index (κ2) is 7.12. The van der Waals surface area contributed by atoms with Gasteiger partial charge in [0.25, 0.3) is 0 Å². The molecule has 5 nitrogen and oxygen atoms in total. The molecule has 4 rings (SSSR count). The summed E-state index contributed by atoms with van der Waals surface area (Å²) in [5, 5.41) is 18.1. The zero-order valence-electron chi connectivity index (χ0n) is 15.8. The van der Waals surface area contributed by atoms with E-state index in [0.717, 1.165) is 25.0 Å². The quantitative estimate of drug-likeness (QED) is 0.561. The number of aromatic nitrogens is 3. The maximum absolute atomic E-state index is 14.1. The third-order valence-electron chi connectivity index (χ3n) is 4.74. The Labute approximate surface area is 171 Å². The van der Waals surface area contributed by atoms with Gasteiger partial charge in [-0.05, 0) is 57.0 Å². The van der Waals surface area contributed by atoms with Gasteiger partial charge >= 0.3 is 0 Å². The highest BCUT2D eigenvalue weighted by molar-refractivity contribution is 6.33. The molecule has 0 N–H and O–H groups in total. The van der Waals surface area contributed by atoms with Crippen LogP contribution < -0.4 is 4.74 Å². The summed E-state index contributed by atoms with van der Waals surface area (Å²) in [4.78, 5) is 0. The van der Waals surface area contributed by atoms with E-state index < -0.39 is 17.2 Å². The van der Waals surface area contributed by atoms with Crippen molar-refractivity contribution in [2.45, 2.75) is 38.3 Å². The van der Waals surface area contributed by atoms with Crippen molar-refractivity contribution in [3.05, 3.63) is 64.4 Å². The molecule has 0 amide bonds. The Morgan fingerprint density at radius 2 is 1.93 bits per heavy atom. The summed E-state index contributed by atoms with van der Waals surface area (Å²) in [5.41, 5.74) is 0.0676. The number of hydrogen-bond donors (Lipinski definition) is 0. The summed E-state index contributed by atoms with van der Waals surface area (Å²) in [6.45, 7) is 3.51. The van der Waals surface area contributed by atoms with Crippen molar-refractivity contribution in [1.82, 2.24) is 14.8 Å². The van der Waals surface area contributed by atoms with Gasteiger partial charge in [0.1, 0.15) is 5.82 Å². The van der Waals surface area contributed by atoms with E-state index in [1.165, 1.54) is 6.07 Å². The summed E-state index contributed by atoms with van der Waals surface area (Å²) in [5.74, 6) is -0.454. The lowest BCUT2D eigenvalue weighted by atomic mass is 10.1. The monoisotopic (exact) mass is 414 g/mol. The maximum atomic E-state index is 14.1. The lowest BCUT2D eigenvalue weighted by Crippen LogP contribution is -2.30. The van der Waals surface area contributed by atoms with Crippen LogP contribution in [0.1, 0.15) is 44.1 Å². The Kier molecular flexibility index (Phi) is 4.75. The average Bonchev–Trinajstić information content (AvgIpc) is 3.41. The Balaban J connectivity index is 1.76. The van der Waals surface area contributed by atoms with E-state index in [0.29, 0.717) is 27.8 Å². The summed E-state index contributed by atoms with van der Waals surface area (Å²) in [6, 6.07) is 10.4. The van der Waals surface area contributed by atoms with E-state index in [2.05, 4.69) is 16.3 Å². The minimum absolute atomic E-state index is 0.0697. The van der Waals surface area contributed by atoms with Crippen LogP contribution in [0, 0.1) is 23.0 Å². The molecular formula is C21H17ClF2N4O. The van der Waals surface area contributed by atoms with E-state index in [-0.39, 0.29) is 11.8 Å². The SMILES string of the molecule is CC(C)(Oc1ccc(F)cc1F)c1nnc(-c2ccc(C#N)cc2Cl)n1C1CC1. The van der Waals surface area contributed by atoms with Crippen molar-refractivity contribution in [3.8, 4) is 23.2 Å². The Bertz CT molecular complexity index is 1130. The Morgan fingerprint density at radius 3 is 2.55 bits per heavy atom. The minimum atomic E-state index is -1.04. The highest BCUT2D eigenvalue weighted by Crippen LogP contribution is 2.43. The van der Waals surface area contributed by atoms with Gasteiger partial charge in [0.2, 0.25) is 0 Å². The maximum Gasteiger partial charge on any atom is 0.177 e. The first-order valence-corrected chi connectivity index (χ1v) is 9.47. The van der Waals surface area contributed by atoms with Crippen molar-refractivity contribution >= 4 is 11.6 Å². The van der Waals surface area contributed by atoms with E-state index >= 15 is 0 Å². The highest BCUT2D eigenvalue weighted by atomic mass is 35.5. The van der Waals surface area contributed by atoms with Crippen LogP contribution in [-0.4, -0.2) is 14.8 Å². The normalized spacial score (nSPS) is 13.9. The van der Waals surface area contributed by atoms with Crippen LogP contribution in [0.3, 0.4) is 0 Å². The predicted molar refractivity (Wildman–Crippen MR) is 103 cm³/mol. The third kappa shape index (κ3) is 3.68. The molecule has 1 aromatic heterocycles. The molecule has 148 valence electrons. The molecular weight excluding hydrogens is 398 g/mol. The number of ether oxygens (including phenoxy) is 1. The highest BCUT2D eigenvalue weighted by Gasteiger charge is 2.38. The molecule has 8 heteroatoms. The number of nitrogens with zero attached hydrogens (tertiary/aromatic N) is 4. The molecule has 2 aromatic carbocycles. The number of hydrogen-bond acceptors (Lipinski definition) is 4. The molecule has 0 radical (unpaired) electrons. The second-order valence-corrected chi connectivity index (χ2v) is 7.85. The van der Waals surface area contributed by atoms with Gasteiger partial charge in [0.15, 0.2) is 28.8 Å². The molecule has 0 saturated heterocycles. The van der Waals surface area contributed by atoms with Crippen LogP contribution in [0.15, 0.2) is 36.4 Å². The van der Waals surface area contributed by atoms with Crippen LogP contribution in [-0.2, 0) is 5.60 Å². The molecule has 1 saturated carbocycles. The molecule has 1 heterocycles. The largest absolute Gasteiger partial charge is 0.477 e. The molecule has 0 aliphatic heterocycles. The Morgan fingerprint density at radius 1 is 1.17 bits per heavy atom. The molecule has 1 fully saturated rings. The van der Waals surface area contributed by atoms with Crippen molar-refractivity contribution in [2.24, 2.45) is 0 Å². The first-order valence-electron chi connectivity index (χ1n) is 9.09. The van der Waals surface area contributed by atoms with Crippen LogP contribution in [0.2, 0.25) is 5.02 Å². The molecule has 0 atom stereocenters. The zero-order valence-corrected chi connectivity index (χ0v) is 16.5. The molecule has 0 spiro atoms. The lowest BCUT2D eigenvalue weighted by molar-refractivity contribution is 0.0880. The molecule has 0 unspecified atom stereocenters. The second-order valence-electron chi connectivity index (χ2n) is 7.44. The van der Waals surface area contributed by atoms with Crippen molar-refractivity contribution in [1.29, 1.82) is 5.26 Å². The van der Waals surface area contributed by atoms with Gasteiger partial charge in [-0.15, -0.1) is 10.2 Å². The topological polar surface area (TPSA) is 63.7 Å². The molecule has 0 bridgehead atoms. The van der Waals surface area contributed by atoms with Crippen LogP contribution in [0.5, 0.6) is 5.75 Å². The van der Waals surface area contributed by atoms with Crippen molar-refractivity contribution in [3.63, 3.8) is 0 Å². The van der Waals surface area contributed by atoms with Crippen molar-refractivity contribution in [2.75, 3.05) is 0 Å². The summed E-state index contributed by atoms with van der Waals surface area (Å²) >= 11 is 6.38. The smallest absolute Gasteiger partial charge is 0.177 e. The van der Waals surface area contributed by atoms with Crippen LogP contribution >= 0.6 is 11.6 Å². The van der Waals surface area contributed by atoms with Gasteiger partial charge in [0.05, 0.1) is 16.7 Å². The fourth-order valence-corrected chi connectivity index (χ4v) is 3.47. The van der Waals surface area contributed by atoms with Gasteiger partial charge in [-0.2, -0.15) is 5.26 Å². The van der Waals surface area contributed by atoms with Gasteiger partial charge < -0.3 is 9.30 Å². The Hall–Kier alpha value is -2.98. The molecule has 29 heavy (non-hydrogen) atoms.